The van der Waals surface area contributed by atoms with Gasteiger partial charge in [-0.25, -0.2) is 9.97 Å². The molecule has 1 aromatic heterocycles. The Balaban J connectivity index is 2.20. The Morgan fingerprint density at radius 1 is 1.25 bits per heavy atom. The molecule has 5 nitrogen and oxygen atoms in total. The second-order valence-corrected chi connectivity index (χ2v) is 6.38. The minimum Gasteiger partial charge on any atom is -0.481 e. The quantitative estimate of drug-likeness (QED) is 0.783. The molecule has 1 aliphatic rings. The van der Waals surface area contributed by atoms with Crippen molar-refractivity contribution in [2.75, 3.05) is 7.11 Å². The molecule has 1 N–H and O–H groups in total. The molecule has 0 radical (unpaired) electrons. The van der Waals surface area contributed by atoms with Crippen LogP contribution in [-0.2, 0) is 4.65 Å². The number of nitrogens with zero attached hydrogens (tertiary/aromatic N) is 2. The molecule has 1 aliphatic carbocycles. The van der Waals surface area contributed by atoms with E-state index in [2.05, 4.69) is 9.97 Å². The van der Waals surface area contributed by atoms with E-state index in [1.54, 1.807) is 21.0 Å². The van der Waals surface area contributed by atoms with Crippen LogP contribution in [0, 0.1) is 0 Å². The molecule has 0 amide bonds. The van der Waals surface area contributed by atoms with Crippen LogP contribution in [0.5, 0.6) is 5.88 Å². The number of aromatic nitrogens is 2. The fraction of sp³-hybridized carbons (Fsp3) is 0.714. The SMILES string of the molecule is COc1ncnc(C2CC2)c1BOC(C)(C)C(C)(C)O. The van der Waals surface area contributed by atoms with Crippen LogP contribution < -0.4 is 10.2 Å². The van der Waals surface area contributed by atoms with Crippen molar-refractivity contribution in [2.24, 2.45) is 0 Å². The highest BCUT2D eigenvalue weighted by Crippen LogP contribution is 2.38. The molecule has 1 heterocycles. The number of aliphatic hydroxyl groups is 1. The molecule has 0 atom stereocenters. The first-order valence-electron chi connectivity index (χ1n) is 7.00. The summed E-state index contributed by atoms with van der Waals surface area (Å²) in [6.45, 7) is 7.24. The van der Waals surface area contributed by atoms with E-state index < -0.39 is 11.2 Å². The molecule has 2 rings (SSSR count). The molecule has 0 saturated heterocycles. The lowest BCUT2D eigenvalue weighted by molar-refractivity contribution is -0.0893. The third-order valence-corrected chi connectivity index (χ3v) is 4.15. The van der Waals surface area contributed by atoms with Crippen LogP contribution in [-0.4, -0.2) is 40.9 Å². The summed E-state index contributed by atoms with van der Waals surface area (Å²) in [4.78, 5) is 8.53. The number of hydrogen-bond donors (Lipinski definition) is 1. The second kappa shape index (κ2) is 5.33. The summed E-state index contributed by atoms with van der Waals surface area (Å²) in [5, 5.41) is 10.2. The Labute approximate surface area is 121 Å². The number of hydrogen-bond acceptors (Lipinski definition) is 5. The maximum absolute atomic E-state index is 10.2. The van der Waals surface area contributed by atoms with Crippen molar-refractivity contribution in [3.05, 3.63) is 12.0 Å². The van der Waals surface area contributed by atoms with E-state index in [4.69, 9.17) is 9.39 Å². The third kappa shape index (κ3) is 3.12. The van der Waals surface area contributed by atoms with Crippen molar-refractivity contribution in [3.8, 4) is 5.88 Å². The summed E-state index contributed by atoms with van der Waals surface area (Å²) < 4.78 is 11.3. The van der Waals surface area contributed by atoms with E-state index in [9.17, 15) is 5.11 Å². The van der Waals surface area contributed by atoms with Crippen LogP contribution in [0.25, 0.3) is 0 Å². The maximum Gasteiger partial charge on any atom is 0.317 e. The van der Waals surface area contributed by atoms with Gasteiger partial charge in [0.25, 0.3) is 0 Å². The maximum atomic E-state index is 10.2. The molecule has 0 bridgehead atoms. The Kier molecular flexibility index (Phi) is 4.07. The molecule has 6 heteroatoms. The predicted molar refractivity (Wildman–Crippen MR) is 78.8 cm³/mol. The molecule has 0 aliphatic heterocycles. The molecule has 1 fully saturated rings. The molecule has 0 unspecified atom stereocenters. The van der Waals surface area contributed by atoms with E-state index in [-0.39, 0.29) is 0 Å². The van der Waals surface area contributed by atoms with E-state index in [1.165, 1.54) is 6.33 Å². The van der Waals surface area contributed by atoms with Gasteiger partial charge in [-0.2, -0.15) is 0 Å². The van der Waals surface area contributed by atoms with Gasteiger partial charge in [-0.1, -0.05) is 0 Å². The van der Waals surface area contributed by atoms with Gasteiger partial charge < -0.3 is 14.5 Å². The first-order chi connectivity index (χ1) is 9.26. The Bertz CT molecular complexity index is 482. The normalized spacial score (nSPS) is 16.1. The van der Waals surface area contributed by atoms with Gasteiger partial charge in [-0.05, 0) is 40.5 Å². The van der Waals surface area contributed by atoms with Gasteiger partial charge in [0.1, 0.15) is 6.33 Å². The van der Waals surface area contributed by atoms with Crippen LogP contribution in [0.15, 0.2) is 6.33 Å². The largest absolute Gasteiger partial charge is 0.481 e. The molecular weight excluding hydrogens is 255 g/mol. The Morgan fingerprint density at radius 3 is 2.40 bits per heavy atom. The monoisotopic (exact) mass is 278 g/mol. The second-order valence-electron chi connectivity index (χ2n) is 6.38. The fourth-order valence-electron chi connectivity index (χ4n) is 1.86. The molecule has 20 heavy (non-hydrogen) atoms. The van der Waals surface area contributed by atoms with Crippen molar-refractivity contribution in [1.82, 2.24) is 9.97 Å². The molecule has 110 valence electrons. The average molecular weight is 278 g/mol. The summed E-state index contributed by atoms with van der Waals surface area (Å²) in [6.07, 6.45) is 3.85. The molecular formula is C14H23BN2O3. The van der Waals surface area contributed by atoms with Gasteiger partial charge in [0.05, 0.1) is 18.3 Å². The van der Waals surface area contributed by atoms with Crippen LogP contribution in [0.1, 0.15) is 52.1 Å². The Hall–Kier alpha value is -1.14. The zero-order chi connectivity index (χ0) is 15.0. The van der Waals surface area contributed by atoms with Crippen molar-refractivity contribution < 1.29 is 14.5 Å². The molecule has 1 aromatic rings. The minimum absolute atomic E-state index is 0.340. The van der Waals surface area contributed by atoms with E-state index in [0.717, 1.165) is 24.0 Å². The topological polar surface area (TPSA) is 64.5 Å². The van der Waals surface area contributed by atoms with Crippen LogP contribution in [0.4, 0.5) is 0 Å². The van der Waals surface area contributed by atoms with Gasteiger partial charge in [0.2, 0.25) is 5.88 Å². The smallest absolute Gasteiger partial charge is 0.317 e. The van der Waals surface area contributed by atoms with E-state index >= 15 is 0 Å². The molecule has 0 spiro atoms. The van der Waals surface area contributed by atoms with Crippen molar-refractivity contribution in [1.29, 1.82) is 0 Å². The number of rotatable bonds is 6. The van der Waals surface area contributed by atoms with Crippen molar-refractivity contribution in [3.63, 3.8) is 0 Å². The van der Waals surface area contributed by atoms with E-state index in [0.29, 0.717) is 19.3 Å². The lowest BCUT2D eigenvalue weighted by atomic mass is 9.81. The first-order valence-corrected chi connectivity index (χ1v) is 7.00. The van der Waals surface area contributed by atoms with Crippen molar-refractivity contribution >= 4 is 12.9 Å². The summed E-state index contributed by atoms with van der Waals surface area (Å²) in [6, 6.07) is 0. The Morgan fingerprint density at radius 2 is 1.90 bits per heavy atom. The van der Waals surface area contributed by atoms with Crippen molar-refractivity contribution in [2.45, 2.75) is 57.7 Å². The van der Waals surface area contributed by atoms with Crippen LogP contribution in [0.3, 0.4) is 0 Å². The summed E-state index contributed by atoms with van der Waals surface area (Å²) >= 11 is 0. The predicted octanol–water partition coefficient (Wildman–Crippen LogP) is 0.905. The number of methoxy groups -OCH3 is 1. The highest BCUT2D eigenvalue weighted by Gasteiger charge is 2.37. The van der Waals surface area contributed by atoms with Gasteiger partial charge in [0.15, 0.2) is 0 Å². The number of ether oxygens (including phenoxy) is 1. The molecule has 0 aromatic carbocycles. The third-order valence-electron chi connectivity index (χ3n) is 4.15. The standard InChI is InChI=1S/C14H23BN2O3/c1-13(2,18)14(3,4)20-15-10-11(9-6-7-9)16-8-17-12(10)19-5/h8-9,15,18H,6-7H2,1-5H3. The van der Waals surface area contributed by atoms with Crippen LogP contribution in [0.2, 0.25) is 0 Å². The first kappa shape index (κ1) is 15.3. The zero-order valence-corrected chi connectivity index (χ0v) is 12.9. The van der Waals surface area contributed by atoms with Gasteiger partial charge in [0, 0.05) is 17.1 Å². The summed E-state index contributed by atoms with van der Waals surface area (Å²) in [5.41, 5.74) is 0.308. The fourth-order valence-corrected chi connectivity index (χ4v) is 1.86. The average Bonchev–Trinajstić information content (AvgIpc) is 3.18. The van der Waals surface area contributed by atoms with Gasteiger partial charge in [-0.3, -0.25) is 0 Å². The van der Waals surface area contributed by atoms with E-state index in [1.807, 2.05) is 13.8 Å². The zero-order valence-electron chi connectivity index (χ0n) is 12.9. The van der Waals surface area contributed by atoms with Gasteiger partial charge in [-0.15, -0.1) is 0 Å². The highest BCUT2D eigenvalue weighted by atomic mass is 16.5. The lowest BCUT2D eigenvalue weighted by Crippen LogP contribution is -2.49. The van der Waals surface area contributed by atoms with Crippen LogP contribution >= 0.6 is 0 Å². The highest BCUT2D eigenvalue weighted by molar-refractivity contribution is 6.49. The summed E-state index contributed by atoms with van der Waals surface area (Å²) in [5.74, 6) is 1.06. The molecule has 1 saturated carbocycles. The summed E-state index contributed by atoms with van der Waals surface area (Å²) in [7, 11) is 1.94. The lowest BCUT2D eigenvalue weighted by Gasteiger charge is -2.37. The minimum atomic E-state index is -0.935. The van der Waals surface area contributed by atoms with Gasteiger partial charge >= 0.3 is 7.48 Å².